The number of anilines is 1. The van der Waals surface area contributed by atoms with Crippen molar-refractivity contribution in [3.8, 4) is 0 Å². The van der Waals surface area contributed by atoms with E-state index in [2.05, 4.69) is 26.2 Å². The van der Waals surface area contributed by atoms with Crippen molar-refractivity contribution in [1.29, 1.82) is 0 Å². The van der Waals surface area contributed by atoms with Gasteiger partial charge in [-0.3, -0.25) is 4.79 Å². The van der Waals surface area contributed by atoms with Crippen LogP contribution in [0.2, 0.25) is 0 Å². The molecule has 0 aliphatic rings. The molecule has 0 aliphatic carbocycles. The number of hydrogen-bond donors (Lipinski definition) is 1. The zero-order chi connectivity index (χ0) is 14.0. The number of benzene rings is 1. The summed E-state index contributed by atoms with van der Waals surface area (Å²) < 4.78 is 0.883. The molecule has 0 atom stereocenters. The first-order valence-electron chi connectivity index (χ1n) is 5.98. The predicted molar refractivity (Wildman–Crippen MR) is 80.5 cm³/mol. The standard InChI is InChI=1S/C15H15BrN2O/c1-9-6-10(2)14(11(3)7-9)15(19)18-13-5-4-12(16)8-17-13/h4-8H,1-3H3,(H,17,18,19). The second-order valence-electron chi connectivity index (χ2n) is 4.59. The topological polar surface area (TPSA) is 42.0 Å². The minimum Gasteiger partial charge on any atom is -0.307 e. The molecule has 19 heavy (non-hydrogen) atoms. The van der Waals surface area contributed by atoms with Crippen LogP contribution in [0.25, 0.3) is 0 Å². The second-order valence-corrected chi connectivity index (χ2v) is 5.51. The van der Waals surface area contributed by atoms with Gasteiger partial charge in [-0.2, -0.15) is 0 Å². The number of carbonyl (C=O) groups excluding carboxylic acids is 1. The molecule has 1 aromatic heterocycles. The molecule has 1 heterocycles. The van der Waals surface area contributed by atoms with E-state index >= 15 is 0 Å². The van der Waals surface area contributed by atoms with Crippen LogP contribution in [0.3, 0.4) is 0 Å². The molecule has 1 aromatic carbocycles. The summed E-state index contributed by atoms with van der Waals surface area (Å²) in [6, 6.07) is 7.63. The Bertz CT molecular complexity index is 598. The predicted octanol–water partition coefficient (Wildman–Crippen LogP) is 4.02. The molecule has 4 heteroatoms. The lowest BCUT2D eigenvalue weighted by Crippen LogP contribution is -2.16. The van der Waals surface area contributed by atoms with Gasteiger partial charge in [0.1, 0.15) is 5.82 Å². The average Bonchev–Trinajstić information content (AvgIpc) is 2.30. The summed E-state index contributed by atoms with van der Waals surface area (Å²) >= 11 is 3.31. The summed E-state index contributed by atoms with van der Waals surface area (Å²) in [7, 11) is 0. The lowest BCUT2D eigenvalue weighted by molar-refractivity contribution is 0.102. The van der Waals surface area contributed by atoms with Crippen molar-refractivity contribution in [2.75, 3.05) is 5.32 Å². The first-order chi connectivity index (χ1) is 8.97. The van der Waals surface area contributed by atoms with E-state index in [1.165, 1.54) is 0 Å². The van der Waals surface area contributed by atoms with E-state index in [4.69, 9.17) is 0 Å². The number of hydrogen-bond acceptors (Lipinski definition) is 2. The Morgan fingerprint density at radius 1 is 1.16 bits per heavy atom. The minimum absolute atomic E-state index is 0.121. The number of amides is 1. The molecular formula is C15H15BrN2O. The molecule has 0 saturated carbocycles. The molecule has 2 rings (SSSR count). The largest absolute Gasteiger partial charge is 0.307 e. The fourth-order valence-electron chi connectivity index (χ4n) is 2.17. The Morgan fingerprint density at radius 2 is 1.79 bits per heavy atom. The number of aromatic nitrogens is 1. The first kappa shape index (κ1) is 13.7. The zero-order valence-corrected chi connectivity index (χ0v) is 12.7. The van der Waals surface area contributed by atoms with Crippen molar-refractivity contribution in [3.05, 3.63) is 57.2 Å². The van der Waals surface area contributed by atoms with Crippen LogP contribution in [0.1, 0.15) is 27.0 Å². The maximum Gasteiger partial charge on any atom is 0.257 e. The lowest BCUT2D eigenvalue weighted by Gasteiger charge is -2.11. The maximum absolute atomic E-state index is 12.3. The van der Waals surface area contributed by atoms with Crippen LogP contribution < -0.4 is 5.32 Å². The fraction of sp³-hybridized carbons (Fsp3) is 0.200. The summed E-state index contributed by atoms with van der Waals surface area (Å²) in [5, 5.41) is 2.82. The van der Waals surface area contributed by atoms with Crippen LogP contribution in [-0.2, 0) is 0 Å². The number of carbonyl (C=O) groups is 1. The Kier molecular flexibility index (Phi) is 4.00. The van der Waals surface area contributed by atoms with Gasteiger partial charge in [0.25, 0.3) is 5.91 Å². The van der Waals surface area contributed by atoms with Crippen LogP contribution in [0, 0.1) is 20.8 Å². The molecule has 0 saturated heterocycles. The molecule has 0 radical (unpaired) electrons. The fourth-order valence-corrected chi connectivity index (χ4v) is 2.40. The number of halogens is 1. The van der Waals surface area contributed by atoms with E-state index in [0.29, 0.717) is 5.82 Å². The van der Waals surface area contributed by atoms with Gasteiger partial charge in [0.2, 0.25) is 0 Å². The maximum atomic E-state index is 12.3. The highest BCUT2D eigenvalue weighted by Gasteiger charge is 2.13. The summed E-state index contributed by atoms with van der Waals surface area (Å²) in [5.74, 6) is 0.428. The Labute approximate surface area is 121 Å². The van der Waals surface area contributed by atoms with Crippen LogP contribution in [0.4, 0.5) is 5.82 Å². The summed E-state index contributed by atoms with van der Waals surface area (Å²) in [6.07, 6.45) is 1.66. The van der Waals surface area contributed by atoms with E-state index in [1.54, 1.807) is 12.3 Å². The van der Waals surface area contributed by atoms with Gasteiger partial charge in [-0.25, -0.2) is 4.98 Å². The number of pyridine rings is 1. The van der Waals surface area contributed by atoms with Crippen molar-refractivity contribution < 1.29 is 4.79 Å². The van der Waals surface area contributed by atoms with Crippen LogP contribution >= 0.6 is 15.9 Å². The summed E-state index contributed by atoms with van der Waals surface area (Å²) in [5.41, 5.74) is 3.84. The van der Waals surface area contributed by atoms with Crippen LogP contribution in [0.15, 0.2) is 34.9 Å². The van der Waals surface area contributed by atoms with Gasteiger partial charge in [-0.05, 0) is 60.0 Å². The molecule has 0 bridgehead atoms. The molecular weight excluding hydrogens is 304 g/mol. The van der Waals surface area contributed by atoms with Gasteiger partial charge >= 0.3 is 0 Å². The lowest BCUT2D eigenvalue weighted by atomic mass is 9.99. The number of nitrogens with one attached hydrogen (secondary N) is 1. The quantitative estimate of drug-likeness (QED) is 0.908. The van der Waals surface area contributed by atoms with Crippen LogP contribution in [-0.4, -0.2) is 10.9 Å². The third-order valence-electron chi connectivity index (χ3n) is 2.87. The highest BCUT2D eigenvalue weighted by molar-refractivity contribution is 9.10. The molecule has 1 N–H and O–H groups in total. The van der Waals surface area contributed by atoms with Gasteiger partial charge < -0.3 is 5.32 Å². The summed E-state index contributed by atoms with van der Waals surface area (Å²) in [4.78, 5) is 16.4. The third kappa shape index (κ3) is 3.20. The normalized spacial score (nSPS) is 10.3. The highest BCUT2D eigenvalue weighted by Crippen LogP contribution is 2.18. The van der Waals surface area contributed by atoms with Gasteiger partial charge in [-0.1, -0.05) is 17.7 Å². The molecule has 3 nitrogen and oxygen atoms in total. The second kappa shape index (κ2) is 5.53. The van der Waals surface area contributed by atoms with E-state index in [-0.39, 0.29) is 5.91 Å². The van der Waals surface area contributed by atoms with E-state index in [9.17, 15) is 4.79 Å². The van der Waals surface area contributed by atoms with Gasteiger partial charge in [0.05, 0.1) is 0 Å². The third-order valence-corrected chi connectivity index (χ3v) is 3.34. The molecule has 0 fully saturated rings. The van der Waals surface area contributed by atoms with Crippen molar-refractivity contribution >= 4 is 27.7 Å². The van der Waals surface area contributed by atoms with E-state index < -0.39 is 0 Å². The van der Waals surface area contributed by atoms with E-state index in [1.807, 2.05) is 39.0 Å². The Morgan fingerprint density at radius 3 is 2.32 bits per heavy atom. The molecule has 0 spiro atoms. The van der Waals surface area contributed by atoms with Crippen molar-refractivity contribution in [3.63, 3.8) is 0 Å². The molecule has 1 amide bonds. The number of nitrogens with zero attached hydrogens (tertiary/aromatic N) is 1. The smallest absolute Gasteiger partial charge is 0.257 e. The Hall–Kier alpha value is -1.68. The van der Waals surface area contributed by atoms with Gasteiger partial charge in [-0.15, -0.1) is 0 Å². The minimum atomic E-state index is -0.121. The first-order valence-corrected chi connectivity index (χ1v) is 6.77. The monoisotopic (exact) mass is 318 g/mol. The summed E-state index contributed by atoms with van der Waals surface area (Å²) in [6.45, 7) is 5.92. The molecule has 2 aromatic rings. The zero-order valence-electron chi connectivity index (χ0n) is 11.1. The molecule has 98 valence electrons. The Balaban J connectivity index is 2.28. The van der Waals surface area contributed by atoms with Crippen molar-refractivity contribution in [1.82, 2.24) is 4.98 Å². The van der Waals surface area contributed by atoms with Gasteiger partial charge in [0, 0.05) is 16.2 Å². The SMILES string of the molecule is Cc1cc(C)c(C(=O)Nc2ccc(Br)cn2)c(C)c1. The van der Waals surface area contributed by atoms with Crippen molar-refractivity contribution in [2.24, 2.45) is 0 Å². The highest BCUT2D eigenvalue weighted by atomic mass is 79.9. The van der Waals surface area contributed by atoms with E-state index in [0.717, 1.165) is 26.7 Å². The molecule has 0 unspecified atom stereocenters. The van der Waals surface area contributed by atoms with Gasteiger partial charge in [0.15, 0.2) is 0 Å². The number of rotatable bonds is 2. The molecule has 0 aliphatic heterocycles. The van der Waals surface area contributed by atoms with Crippen molar-refractivity contribution in [2.45, 2.75) is 20.8 Å². The number of aryl methyl sites for hydroxylation is 3. The average molecular weight is 319 g/mol. The van der Waals surface area contributed by atoms with Crippen LogP contribution in [0.5, 0.6) is 0 Å².